The van der Waals surface area contributed by atoms with E-state index >= 15 is 0 Å². The van der Waals surface area contributed by atoms with Gasteiger partial charge in [-0.15, -0.1) is 10.2 Å². The molecule has 0 bridgehead atoms. The zero-order chi connectivity index (χ0) is 10.7. The van der Waals surface area contributed by atoms with E-state index in [4.69, 9.17) is 14.6 Å². The van der Waals surface area contributed by atoms with Gasteiger partial charge >= 0.3 is 5.97 Å². The van der Waals surface area contributed by atoms with Gasteiger partial charge in [-0.05, 0) is 6.92 Å². The van der Waals surface area contributed by atoms with Gasteiger partial charge in [-0.3, -0.25) is 0 Å². The van der Waals surface area contributed by atoms with Crippen LogP contribution in [0.1, 0.15) is 15.9 Å². The minimum absolute atomic E-state index is 0.0178. The molecule has 0 saturated carbocycles. The lowest BCUT2D eigenvalue weighted by Gasteiger charge is -2.08. The third-order valence-electron chi connectivity index (χ3n) is 1.74. The summed E-state index contributed by atoms with van der Waals surface area (Å²) in [4.78, 5) is 10.9. The van der Waals surface area contributed by atoms with Crippen LogP contribution in [0.3, 0.4) is 0 Å². The molecule has 0 aliphatic rings. The van der Waals surface area contributed by atoms with Crippen molar-refractivity contribution >= 4 is 5.97 Å². The van der Waals surface area contributed by atoms with E-state index in [-0.39, 0.29) is 17.3 Å². The number of hydrogen-bond acceptors (Lipinski definition) is 5. The Morgan fingerprint density at radius 3 is 2.14 bits per heavy atom. The lowest BCUT2D eigenvalue weighted by Crippen LogP contribution is -2.08. The van der Waals surface area contributed by atoms with Crippen molar-refractivity contribution in [1.29, 1.82) is 0 Å². The molecule has 1 rings (SSSR count). The number of methoxy groups -OCH3 is 2. The predicted octanol–water partition coefficient (Wildman–Crippen LogP) is 0.500. The molecule has 0 amide bonds. The first-order valence-corrected chi connectivity index (χ1v) is 3.80. The molecule has 0 unspecified atom stereocenters. The first-order valence-electron chi connectivity index (χ1n) is 3.80. The van der Waals surface area contributed by atoms with Crippen LogP contribution < -0.4 is 9.47 Å². The number of ether oxygens (including phenoxy) is 2. The number of nitrogens with zero attached hydrogens (tertiary/aromatic N) is 2. The predicted molar refractivity (Wildman–Crippen MR) is 46.8 cm³/mol. The van der Waals surface area contributed by atoms with E-state index in [1.807, 2.05) is 0 Å². The van der Waals surface area contributed by atoms with Crippen LogP contribution in [-0.2, 0) is 0 Å². The highest BCUT2D eigenvalue weighted by Gasteiger charge is 2.20. The van der Waals surface area contributed by atoms with Gasteiger partial charge in [0.15, 0.2) is 0 Å². The molecule has 6 heteroatoms. The Labute approximate surface area is 80.5 Å². The number of carboxylic acids is 1. The van der Waals surface area contributed by atoms with Crippen molar-refractivity contribution in [3.8, 4) is 11.8 Å². The summed E-state index contributed by atoms with van der Waals surface area (Å²) in [5.41, 5.74) is 0.367. The van der Waals surface area contributed by atoms with E-state index in [1.54, 1.807) is 6.92 Å². The second-order valence-corrected chi connectivity index (χ2v) is 2.52. The van der Waals surface area contributed by atoms with Gasteiger partial charge in [-0.25, -0.2) is 4.79 Å². The maximum absolute atomic E-state index is 10.9. The Hall–Kier alpha value is -1.85. The fraction of sp³-hybridized carbons (Fsp3) is 0.375. The SMILES string of the molecule is COc1nnc(OC)c(C(=O)O)c1C. The van der Waals surface area contributed by atoms with Crippen molar-refractivity contribution in [2.75, 3.05) is 14.2 Å². The monoisotopic (exact) mass is 198 g/mol. The Morgan fingerprint density at radius 1 is 1.21 bits per heavy atom. The van der Waals surface area contributed by atoms with E-state index in [0.29, 0.717) is 5.56 Å². The molecule has 76 valence electrons. The third-order valence-corrected chi connectivity index (χ3v) is 1.74. The van der Waals surface area contributed by atoms with Crippen LogP contribution in [0.4, 0.5) is 0 Å². The minimum Gasteiger partial charge on any atom is -0.480 e. The zero-order valence-electron chi connectivity index (χ0n) is 8.07. The fourth-order valence-corrected chi connectivity index (χ4v) is 1.07. The highest BCUT2D eigenvalue weighted by Crippen LogP contribution is 2.24. The summed E-state index contributed by atoms with van der Waals surface area (Å²) < 4.78 is 9.62. The smallest absolute Gasteiger partial charge is 0.341 e. The Bertz CT molecular complexity index is 365. The number of carboxylic acid groups (broad SMARTS) is 1. The Morgan fingerprint density at radius 2 is 1.71 bits per heavy atom. The van der Waals surface area contributed by atoms with Gasteiger partial charge in [0, 0.05) is 5.56 Å². The molecule has 0 atom stereocenters. The van der Waals surface area contributed by atoms with Crippen LogP contribution in [0, 0.1) is 6.92 Å². The molecule has 1 aromatic heterocycles. The van der Waals surface area contributed by atoms with E-state index in [2.05, 4.69) is 10.2 Å². The summed E-state index contributed by atoms with van der Waals surface area (Å²) in [7, 11) is 2.73. The molecule has 1 heterocycles. The van der Waals surface area contributed by atoms with E-state index in [9.17, 15) is 4.79 Å². The lowest BCUT2D eigenvalue weighted by molar-refractivity contribution is 0.0690. The highest BCUT2D eigenvalue weighted by atomic mass is 16.5. The number of aromatic carboxylic acids is 1. The standard InChI is InChI=1S/C8H10N2O4/c1-4-5(8(11)12)7(14-3)10-9-6(4)13-2/h1-3H3,(H,11,12). The van der Waals surface area contributed by atoms with E-state index < -0.39 is 5.97 Å². The van der Waals surface area contributed by atoms with Crippen LogP contribution in [0.2, 0.25) is 0 Å². The van der Waals surface area contributed by atoms with Crippen molar-refractivity contribution < 1.29 is 19.4 Å². The summed E-state index contributed by atoms with van der Waals surface area (Å²) in [6, 6.07) is 0. The van der Waals surface area contributed by atoms with Crippen molar-refractivity contribution in [1.82, 2.24) is 10.2 Å². The third kappa shape index (κ3) is 1.59. The van der Waals surface area contributed by atoms with Crippen molar-refractivity contribution in [2.45, 2.75) is 6.92 Å². The maximum atomic E-state index is 10.9. The second kappa shape index (κ2) is 3.91. The molecule has 6 nitrogen and oxygen atoms in total. The van der Waals surface area contributed by atoms with Gasteiger partial charge in [0.05, 0.1) is 14.2 Å². The molecule has 0 aliphatic heterocycles. The van der Waals surface area contributed by atoms with Crippen molar-refractivity contribution in [2.24, 2.45) is 0 Å². The highest BCUT2D eigenvalue weighted by molar-refractivity contribution is 5.92. The molecule has 1 aromatic rings. The van der Waals surface area contributed by atoms with Crippen LogP contribution >= 0.6 is 0 Å². The zero-order valence-corrected chi connectivity index (χ0v) is 8.07. The molecule has 14 heavy (non-hydrogen) atoms. The molecular weight excluding hydrogens is 188 g/mol. The van der Waals surface area contributed by atoms with Crippen molar-refractivity contribution in [3.63, 3.8) is 0 Å². The van der Waals surface area contributed by atoms with E-state index in [1.165, 1.54) is 14.2 Å². The maximum Gasteiger partial charge on any atom is 0.341 e. The average Bonchev–Trinajstić information content (AvgIpc) is 2.16. The first-order chi connectivity index (χ1) is 6.61. The van der Waals surface area contributed by atoms with Gasteiger partial charge in [0.25, 0.3) is 0 Å². The van der Waals surface area contributed by atoms with E-state index in [0.717, 1.165) is 0 Å². The molecule has 0 radical (unpaired) electrons. The number of rotatable bonds is 3. The van der Waals surface area contributed by atoms with Gasteiger partial charge in [0.1, 0.15) is 5.56 Å². The molecule has 0 spiro atoms. The normalized spacial score (nSPS) is 9.64. The largest absolute Gasteiger partial charge is 0.480 e. The summed E-state index contributed by atoms with van der Waals surface area (Å²) in [6.45, 7) is 1.58. The molecule has 0 saturated heterocycles. The molecule has 1 N–H and O–H groups in total. The molecule has 0 aromatic carbocycles. The minimum atomic E-state index is -1.12. The van der Waals surface area contributed by atoms with Gasteiger partial charge < -0.3 is 14.6 Å². The van der Waals surface area contributed by atoms with Gasteiger partial charge in [-0.1, -0.05) is 0 Å². The van der Waals surface area contributed by atoms with Crippen LogP contribution in [0.5, 0.6) is 11.8 Å². The fourth-order valence-electron chi connectivity index (χ4n) is 1.07. The average molecular weight is 198 g/mol. The number of carbonyl (C=O) groups is 1. The van der Waals surface area contributed by atoms with Gasteiger partial charge in [-0.2, -0.15) is 0 Å². The lowest BCUT2D eigenvalue weighted by atomic mass is 10.2. The summed E-state index contributed by atoms with van der Waals surface area (Å²) in [5.74, 6) is -0.952. The van der Waals surface area contributed by atoms with Crippen LogP contribution in [0.15, 0.2) is 0 Å². The van der Waals surface area contributed by atoms with Crippen LogP contribution in [0.25, 0.3) is 0 Å². The Kier molecular flexibility index (Phi) is 2.85. The molecular formula is C8H10N2O4. The van der Waals surface area contributed by atoms with Crippen LogP contribution in [-0.4, -0.2) is 35.5 Å². The number of hydrogen-bond donors (Lipinski definition) is 1. The first kappa shape index (κ1) is 10.2. The topological polar surface area (TPSA) is 81.5 Å². The summed E-state index contributed by atoms with van der Waals surface area (Å²) >= 11 is 0. The van der Waals surface area contributed by atoms with Crippen molar-refractivity contribution in [3.05, 3.63) is 11.1 Å². The summed E-state index contributed by atoms with van der Waals surface area (Å²) in [5, 5.41) is 16.1. The molecule has 0 aliphatic carbocycles. The number of aromatic nitrogens is 2. The summed E-state index contributed by atoms with van der Waals surface area (Å²) in [6.07, 6.45) is 0. The second-order valence-electron chi connectivity index (χ2n) is 2.52. The molecule has 0 fully saturated rings. The Balaban J connectivity index is 3.39. The quantitative estimate of drug-likeness (QED) is 0.761. The van der Waals surface area contributed by atoms with Gasteiger partial charge in [0.2, 0.25) is 11.8 Å².